The molecule has 8 rings (SSSR count). The number of methoxy groups -OCH3 is 2. The number of hydrogen-bond acceptors (Lipinski definition) is 16. The highest BCUT2D eigenvalue weighted by Gasteiger charge is 2.62. The first-order chi connectivity index (χ1) is 34.1. The third kappa shape index (κ3) is 11.3. The highest BCUT2D eigenvalue weighted by atomic mass is 16.8. The van der Waals surface area contributed by atoms with Crippen molar-refractivity contribution in [1.29, 1.82) is 0 Å². The molecule has 0 N–H and O–H groups in total. The van der Waals surface area contributed by atoms with Gasteiger partial charge in [0.25, 0.3) is 0 Å². The summed E-state index contributed by atoms with van der Waals surface area (Å²) in [7, 11) is 2.46. The van der Waals surface area contributed by atoms with Gasteiger partial charge in [-0.1, -0.05) is 109 Å². The van der Waals surface area contributed by atoms with Gasteiger partial charge in [-0.05, 0) is 72.8 Å². The summed E-state index contributed by atoms with van der Waals surface area (Å²) >= 11 is 0. The Morgan fingerprint density at radius 2 is 0.471 bits per heavy atom. The van der Waals surface area contributed by atoms with Crippen LogP contribution in [0.4, 0.5) is 0 Å². The van der Waals surface area contributed by atoms with E-state index in [-0.39, 0.29) is 33.4 Å². The van der Waals surface area contributed by atoms with Gasteiger partial charge >= 0.3 is 35.8 Å². The Hall–Kier alpha value is -8.02. The largest absolute Gasteiger partial charge is 0.452 e. The Labute approximate surface area is 401 Å². The molecule has 6 aromatic carbocycles. The maximum Gasteiger partial charge on any atom is 0.338 e. The lowest BCUT2D eigenvalue weighted by Crippen LogP contribution is -2.71. The van der Waals surface area contributed by atoms with Crippen LogP contribution in [0.2, 0.25) is 0 Å². The van der Waals surface area contributed by atoms with Crippen molar-refractivity contribution in [3.05, 3.63) is 215 Å². The minimum absolute atomic E-state index is 0.0509. The predicted octanol–water partition coefficient (Wildman–Crippen LogP) is 7.08. The van der Waals surface area contributed by atoms with Crippen molar-refractivity contribution in [3.63, 3.8) is 0 Å². The van der Waals surface area contributed by atoms with Crippen LogP contribution in [0.25, 0.3) is 0 Å². The van der Waals surface area contributed by atoms with Gasteiger partial charge in [0.2, 0.25) is 0 Å². The molecule has 0 saturated carbocycles. The molecule has 2 fully saturated rings. The standard InChI is InChI=1S/C54H46O16/c1-61-53-45(67-51(59)37-29-17-7-18-30-37)43(65-49(57)35-25-13-5-14-26-35)39(63-47(55)33-21-9-3-10-22-33)41(69-53)42-40(64-48(56)34-23-11-4-12-24-34)44(66-50(58)36-27-15-6-16-28-36)46(54(62-2)70-42)68-52(60)38-31-19-8-20-32-38/h3-32,39-46,53-54H,1-2H3/t39-,40-,41-,42+,43+,44+,45+,46+,53+,54+/m1/s1. The third-order valence-corrected chi connectivity index (χ3v) is 11.4. The lowest BCUT2D eigenvalue weighted by molar-refractivity contribution is -0.349. The number of esters is 6. The summed E-state index contributed by atoms with van der Waals surface area (Å²) in [6, 6.07) is 47.2. The average Bonchev–Trinajstić information content (AvgIpc) is 3.41. The van der Waals surface area contributed by atoms with Crippen LogP contribution in [0.3, 0.4) is 0 Å². The minimum Gasteiger partial charge on any atom is -0.452 e. The molecular weight excluding hydrogens is 905 g/mol. The first kappa shape index (κ1) is 48.4. The van der Waals surface area contributed by atoms with E-state index < -0.39 is 97.2 Å². The second-order valence-electron chi connectivity index (χ2n) is 15.8. The van der Waals surface area contributed by atoms with Gasteiger partial charge < -0.3 is 47.4 Å². The van der Waals surface area contributed by atoms with Crippen LogP contribution in [0.15, 0.2) is 182 Å². The molecule has 16 heteroatoms. The van der Waals surface area contributed by atoms with E-state index in [9.17, 15) is 28.8 Å². The second kappa shape index (κ2) is 22.9. The molecule has 358 valence electrons. The van der Waals surface area contributed by atoms with Gasteiger partial charge in [-0.15, -0.1) is 0 Å². The van der Waals surface area contributed by atoms with Gasteiger partial charge in [0.1, 0.15) is 12.2 Å². The molecule has 0 unspecified atom stereocenters. The molecule has 2 aliphatic heterocycles. The Morgan fingerprint density at radius 3 is 0.671 bits per heavy atom. The second-order valence-corrected chi connectivity index (χ2v) is 15.8. The van der Waals surface area contributed by atoms with Crippen molar-refractivity contribution in [2.75, 3.05) is 14.2 Å². The molecule has 6 aromatic rings. The highest BCUT2D eigenvalue weighted by molar-refractivity contribution is 5.93. The number of ether oxygens (including phenoxy) is 10. The molecule has 0 bridgehead atoms. The van der Waals surface area contributed by atoms with Crippen molar-refractivity contribution in [2.45, 2.75) is 61.4 Å². The fourth-order valence-corrected chi connectivity index (χ4v) is 7.96. The van der Waals surface area contributed by atoms with E-state index in [0.717, 1.165) is 0 Å². The molecule has 70 heavy (non-hydrogen) atoms. The van der Waals surface area contributed by atoms with Crippen LogP contribution >= 0.6 is 0 Å². The van der Waals surface area contributed by atoms with E-state index in [0.29, 0.717) is 0 Å². The van der Waals surface area contributed by atoms with Gasteiger partial charge in [0, 0.05) is 14.2 Å². The molecule has 0 aliphatic carbocycles. The quantitative estimate of drug-likeness (QED) is 0.0748. The molecule has 10 atom stereocenters. The Balaban J connectivity index is 1.29. The summed E-state index contributed by atoms with van der Waals surface area (Å²) in [6.45, 7) is 0. The lowest BCUT2D eigenvalue weighted by Gasteiger charge is -2.51. The van der Waals surface area contributed by atoms with E-state index in [4.69, 9.17) is 47.4 Å². The molecule has 2 aliphatic rings. The van der Waals surface area contributed by atoms with Gasteiger partial charge in [0.15, 0.2) is 49.2 Å². The smallest absolute Gasteiger partial charge is 0.338 e. The first-order valence-electron chi connectivity index (χ1n) is 22.1. The molecule has 0 radical (unpaired) electrons. The molecular formula is C54H46O16. The van der Waals surface area contributed by atoms with E-state index in [2.05, 4.69) is 0 Å². The average molecular weight is 951 g/mol. The van der Waals surface area contributed by atoms with Crippen molar-refractivity contribution >= 4 is 35.8 Å². The van der Waals surface area contributed by atoms with E-state index in [1.54, 1.807) is 109 Å². The van der Waals surface area contributed by atoms with Crippen molar-refractivity contribution in [1.82, 2.24) is 0 Å². The number of carbonyl (C=O) groups is 6. The van der Waals surface area contributed by atoms with Gasteiger partial charge in [-0.3, -0.25) is 0 Å². The van der Waals surface area contributed by atoms with Crippen LogP contribution < -0.4 is 0 Å². The minimum atomic E-state index is -1.84. The van der Waals surface area contributed by atoms with Crippen LogP contribution in [-0.2, 0) is 47.4 Å². The Morgan fingerprint density at radius 1 is 0.286 bits per heavy atom. The fourth-order valence-electron chi connectivity index (χ4n) is 7.96. The summed E-state index contributed by atoms with van der Waals surface area (Å²) in [6.07, 6.45) is -17.4. The zero-order chi connectivity index (χ0) is 49.0. The topological polar surface area (TPSA) is 195 Å². The van der Waals surface area contributed by atoms with Crippen LogP contribution in [-0.4, -0.2) is 111 Å². The number of hydrogen-bond donors (Lipinski definition) is 0. The van der Waals surface area contributed by atoms with Gasteiger partial charge in [0.05, 0.1) is 33.4 Å². The molecule has 0 aromatic heterocycles. The van der Waals surface area contributed by atoms with E-state index in [1.807, 2.05) is 0 Å². The highest BCUT2D eigenvalue weighted by Crippen LogP contribution is 2.39. The lowest BCUT2D eigenvalue weighted by atomic mass is 9.87. The Bertz CT molecular complexity index is 2520. The molecule has 16 nitrogen and oxygen atoms in total. The zero-order valence-electron chi connectivity index (χ0n) is 37.6. The normalized spacial score (nSPS) is 23.9. The first-order valence-corrected chi connectivity index (χ1v) is 22.1. The zero-order valence-corrected chi connectivity index (χ0v) is 37.6. The molecule has 0 spiro atoms. The van der Waals surface area contributed by atoms with Crippen LogP contribution in [0.1, 0.15) is 62.1 Å². The third-order valence-electron chi connectivity index (χ3n) is 11.4. The van der Waals surface area contributed by atoms with Crippen LogP contribution in [0, 0.1) is 0 Å². The fraction of sp³-hybridized carbons (Fsp3) is 0.222. The summed E-state index contributed by atoms with van der Waals surface area (Å²) in [4.78, 5) is 85.0. The Kier molecular flexibility index (Phi) is 15.8. The van der Waals surface area contributed by atoms with E-state index >= 15 is 0 Å². The number of rotatable bonds is 15. The van der Waals surface area contributed by atoms with Crippen molar-refractivity contribution in [3.8, 4) is 0 Å². The summed E-state index contributed by atoms with van der Waals surface area (Å²) in [5.41, 5.74) is 0.455. The molecule has 2 saturated heterocycles. The summed E-state index contributed by atoms with van der Waals surface area (Å²) in [5, 5.41) is 0. The van der Waals surface area contributed by atoms with Crippen LogP contribution in [0.5, 0.6) is 0 Å². The monoisotopic (exact) mass is 950 g/mol. The van der Waals surface area contributed by atoms with Crippen molar-refractivity contribution < 1.29 is 76.1 Å². The number of carbonyl (C=O) groups excluding carboxylic acids is 6. The van der Waals surface area contributed by atoms with E-state index in [1.165, 1.54) is 87.0 Å². The maximum atomic E-state index is 14.3. The molecule has 0 amide bonds. The summed E-state index contributed by atoms with van der Waals surface area (Å²) < 4.78 is 62.2. The predicted molar refractivity (Wildman–Crippen MR) is 245 cm³/mol. The molecule has 2 heterocycles. The number of benzene rings is 6. The maximum absolute atomic E-state index is 14.3. The van der Waals surface area contributed by atoms with Gasteiger partial charge in [-0.2, -0.15) is 0 Å². The van der Waals surface area contributed by atoms with Gasteiger partial charge in [-0.25, -0.2) is 28.8 Å². The SMILES string of the molecule is CO[C@H]1O[C@H]([C@@H]2O[C@H](OC)[C@@H](OC(=O)c3ccccc3)[C@@H](OC(=O)c3ccccc3)[C@@H]2OC(=O)c2ccccc2)[C@@H](OC(=O)c2ccccc2)[C@H](OC(=O)c2ccccc2)[C@@H]1OC(=O)c1ccccc1. The van der Waals surface area contributed by atoms with Crippen molar-refractivity contribution in [2.24, 2.45) is 0 Å². The summed E-state index contributed by atoms with van der Waals surface area (Å²) in [5.74, 6) is -5.55.